The average Bonchev–Trinajstić information content (AvgIpc) is 2.66. The van der Waals surface area contributed by atoms with Gasteiger partial charge >= 0.3 is 0 Å². The van der Waals surface area contributed by atoms with E-state index in [-0.39, 0.29) is 11.5 Å². The number of rotatable bonds is 2. The Morgan fingerprint density at radius 1 is 1.12 bits per heavy atom. The van der Waals surface area contributed by atoms with Crippen LogP contribution in [0.15, 0.2) is 53.3 Å². The predicted octanol–water partition coefficient (Wildman–Crippen LogP) is 3.29. The molecule has 2 heterocycles. The number of aryl methyl sites for hydroxylation is 1. The maximum absolute atomic E-state index is 12.9. The standard InChI is InChI=1S/C21H20N2O2/c1-2-14-11-16-7-8-17(12-19(16)22-20(14)24)21(25)23-10-9-15-5-3-4-6-18(15)13-23/h3-8,11-12H,2,9-10,13H2,1H3,(H,22,24). The molecule has 0 radical (unpaired) electrons. The minimum atomic E-state index is -0.0773. The van der Waals surface area contributed by atoms with Gasteiger partial charge in [-0.25, -0.2) is 0 Å². The Morgan fingerprint density at radius 3 is 2.72 bits per heavy atom. The molecule has 3 aromatic rings. The van der Waals surface area contributed by atoms with E-state index < -0.39 is 0 Å². The van der Waals surface area contributed by atoms with Crippen LogP contribution in [0.5, 0.6) is 0 Å². The van der Waals surface area contributed by atoms with E-state index in [1.807, 2.05) is 42.2 Å². The fourth-order valence-electron chi connectivity index (χ4n) is 3.49. The number of hydrogen-bond acceptors (Lipinski definition) is 2. The quantitative estimate of drug-likeness (QED) is 0.783. The molecule has 0 unspecified atom stereocenters. The van der Waals surface area contributed by atoms with Gasteiger partial charge in [-0.15, -0.1) is 0 Å². The largest absolute Gasteiger partial charge is 0.334 e. The number of carbonyl (C=O) groups is 1. The highest BCUT2D eigenvalue weighted by Crippen LogP contribution is 2.21. The monoisotopic (exact) mass is 332 g/mol. The molecule has 1 aromatic heterocycles. The summed E-state index contributed by atoms with van der Waals surface area (Å²) in [6, 6.07) is 15.7. The first-order chi connectivity index (χ1) is 12.2. The molecule has 0 atom stereocenters. The van der Waals surface area contributed by atoms with Crippen molar-refractivity contribution in [3.8, 4) is 0 Å². The van der Waals surface area contributed by atoms with E-state index in [4.69, 9.17) is 0 Å². The van der Waals surface area contributed by atoms with Crippen LogP contribution in [0.25, 0.3) is 10.9 Å². The third-order valence-electron chi connectivity index (χ3n) is 4.97. The molecule has 0 bridgehead atoms. The lowest BCUT2D eigenvalue weighted by Crippen LogP contribution is -2.35. The maximum atomic E-state index is 12.9. The van der Waals surface area contributed by atoms with Crippen molar-refractivity contribution in [3.05, 3.63) is 81.1 Å². The van der Waals surface area contributed by atoms with Crippen LogP contribution in [-0.4, -0.2) is 22.3 Å². The fraction of sp³-hybridized carbons (Fsp3) is 0.238. The van der Waals surface area contributed by atoms with E-state index in [9.17, 15) is 9.59 Å². The SMILES string of the molecule is CCc1cc2ccc(C(=O)N3CCc4ccccc4C3)cc2[nH]c1=O. The summed E-state index contributed by atoms with van der Waals surface area (Å²) in [4.78, 5) is 29.7. The zero-order valence-electron chi connectivity index (χ0n) is 14.2. The van der Waals surface area contributed by atoms with Crippen LogP contribution in [0.3, 0.4) is 0 Å². The molecule has 1 N–H and O–H groups in total. The molecule has 1 amide bonds. The fourth-order valence-corrected chi connectivity index (χ4v) is 3.49. The third kappa shape index (κ3) is 2.84. The maximum Gasteiger partial charge on any atom is 0.254 e. The number of nitrogens with one attached hydrogen (secondary N) is 1. The normalized spacial score (nSPS) is 13.7. The summed E-state index contributed by atoms with van der Waals surface area (Å²) in [5.74, 6) is 0.0109. The molecule has 25 heavy (non-hydrogen) atoms. The highest BCUT2D eigenvalue weighted by atomic mass is 16.2. The molecule has 4 heteroatoms. The Labute approximate surface area is 146 Å². The number of carbonyl (C=O) groups excluding carboxylic acids is 1. The molecule has 126 valence electrons. The first kappa shape index (κ1) is 15.6. The molecule has 0 saturated heterocycles. The van der Waals surface area contributed by atoms with Crippen LogP contribution >= 0.6 is 0 Å². The minimum absolute atomic E-state index is 0.0109. The van der Waals surface area contributed by atoms with Crippen LogP contribution in [0.2, 0.25) is 0 Å². The number of nitrogens with zero attached hydrogens (tertiary/aromatic N) is 1. The Hall–Kier alpha value is -2.88. The van der Waals surface area contributed by atoms with E-state index in [2.05, 4.69) is 17.1 Å². The zero-order chi connectivity index (χ0) is 17.4. The zero-order valence-corrected chi connectivity index (χ0v) is 14.2. The Kier molecular flexibility index (Phi) is 3.88. The molecule has 1 aliphatic rings. The second kappa shape index (κ2) is 6.20. The van der Waals surface area contributed by atoms with Crippen LogP contribution in [0.1, 0.15) is 34.0 Å². The molecule has 0 saturated carbocycles. The molecule has 0 spiro atoms. The van der Waals surface area contributed by atoms with Crippen molar-refractivity contribution in [2.75, 3.05) is 6.54 Å². The van der Waals surface area contributed by atoms with Crippen molar-refractivity contribution >= 4 is 16.8 Å². The van der Waals surface area contributed by atoms with E-state index in [1.165, 1.54) is 11.1 Å². The second-order valence-corrected chi connectivity index (χ2v) is 6.52. The van der Waals surface area contributed by atoms with Crippen molar-refractivity contribution in [1.29, 1.82) is 0 Å². The number of aromatic nitrogens is 1. The van der Waals surface area contributed by atoms with E-state index in [0.717, 1.165) is 23.9 Å². The molecule has 2 aromatic carbocycles. The van der Waals surface area contributed by atoms with Gasteiger partial charge in [0, 0.05) is 29.7 Å². The lowest BCUT2D eigenvalue weighted by Gasteiger charge is -2.29. The van der Waals surface area contributed by atoms with Gasteiger partial charge in [-0.05, 0) is 47.6 Å². The van der Waals surface area contributed by atoms with Crippen LogP contribution in [0, 0.1) is 0 Å². The third-order valence-corrected chi connectivity index (χ3v) is 4.97. The average molecular weight is 332 g/mol. The summed E-state index contributed by atoms with van der Waals surface area (Å²) in [6.45, 7) is 3.32. The van der Waals surface area contributed by atoms with Gasteiger partial charge in [0.2, 0.25) is 0 Å². The van der Waals surface area contributed by atoms with Gasteiger partial charge in [0.25, 0.3) is 11.5 Å². The van der Waals surface area contributed by atoms with Crippen LogP contribution in [-0.2, 0) is 19.4 Å². The van der Waals surface area contributed by atoms with Gasteiger partial charge in [-0.2, -0.15) is 0 Å². The lowest BCUT2D eigenvalue weighted by molar-refractivity contribution is 0.0735. The summed E-state index contributed by atoms with van der Waals surface area (Å²) in [5.41, 5.74) is 4.55. The van der Waals surface area contributed by atoms with Gasteiger partial charge in [0.1, 0.15) is 0 Å². The molecule has 0 aliphatic carbocycles. The summed E-state index contributed by atoms with van der Waals surface area (Å²) < 4.78 is 0. The molecule has 4 nitrogen and oxygen atoms in total. The highest BCUT2D eigenvalue weighted by Gasteiger charge is 2.21. The second-order valence-electron chi connectivity index (χ2n) is 6.52. The number of amides is 1. The van der Waals surface area contributed by atoms with E-state index in [0.29, 0.717) is 24.0 Å². The molecule has 4 rings (SSSR count). The predicted molar refractivity (Wildman–Crippen MR) is 98.8 cm³/mol. The molecule has 0 fully saturated rings. The number of H-pyrrole nitrogens is 1. The Bertz CT molecular complexity index is 1020. The number of fused-ring (bicyclic) bond motifs is 2. The summed E-state index contributed by atoms with van der Waals surface area (Å²) in [7, 11) is 0. The number of hydrogen-bond donors (Lipinski definition) is 1. The van der Waals surface area contributed by atoms with Crippen molar-refractivity contribution in [3.63, 3.8) is 0 Å². The number of benzene rings is 2. The van der Waals surface area contributed by atoms with Crippen molar-refractivity contribution in [2.45, 2.75) is 26.3 Å². The Balaban J connectivity index is 1.65. The van der Waals surface area contributed by atoms with Crippen molar-refractivity contribution < 1.29 is 4.79 Å². The Morgan fingerprint density at radius 2 is 1.92 bits per heavy atom. The summed E-state index contributed by atoms with van der Waals surface area (Å²) in [5, 5.41) is 0.956. The van der Waals surface area contributed by atoms with Gasteiger partial charge in [-0.3, -0.25) is 9.59 Å². The topological polar surface area (TPSA) is 53.2 Å². The smallest absolute Gasteiger partial charge is 0.254 e. The minimum Gasteiger partial charge on any atom is -0.334 e. The van der Waals surface area contributed by atoms with Gasteiger partial charge in [0.15, 0.2) is 0 Å². The first-order valence-electron chi connectivity index (χ1n) is 8.67. The molecular weight excluding hydrogens is 312 g/mol. The van der Waals surface area contributed by atoms with Crippen LogP contribution < -0.4 is 5.56 Å². The van der Waals surface area contributed by atoms with Crippen molar-refractivity contribution in [2.24, 2.45) is 0 Å². The lowest BCUT2D eigenvalue weighted by atomic mass is 9.99. The van der Waals surface area contributed by atoms with Gasteiger partial charge < -0.3 is 9.88 Å². The highest BCUT2D eigenvalue weighted by molar-refractivity contribution is 5.98. The molecule has 1 aliphatic heterocycles. The first-order valence-corrected chi connectivity index (χ1v) is 8.67. The van der Waals surface area contributed by atoms with E-state index in [1.54, 1.807) is 6.07 Å². The van der Waals surface area contributed by atoms with Gasteiger partial charge in [0.05, 0.1) is 0 Å². The van der Waals surface area contributed by atoms with Gasteiger partial charge in [-0.1, -0.05) is 37.3 Å². The van der Waals surface area contributed by atoms with Crippen LogP contribution in [0.4, 0.5) is 0 Å². The number of pyridine rings is 1. The van der Waals surface area contributed by atoms with E-state index >= 15 is 0 Å². The summed E-state index contributed by atoms with van der Waals surface area (Å²) in [6.07, 6.45) is 1.57. The number of aromatic amines is 1. The molecular formula is C21H20N2O2. The van der Waals surface area contributed by atoms with Crippen molar-refractivity contribution in [1.82, 2.24) is 9.88 Å². The summed E-state index contributed by atoms with van der Waals surface area (Å²) >= 11 is 0.